The molecule has 0 bridgehead atoms. The van der Waals surface area contributed by atoms with E-state index in [0.717, 1.165) is 37.9 Å². The lowest BCUT2D eigenvalue weighted by Gasteiger charge is -2.37. The number of piperidine rings is 1. The topological polar surface area (TPSA) is 58.7 Å². The quantitative estimate of drug-likeness (QED) is 0.820. The average molecular weight is 263 g/mol. The van der Waals surface area contributed by atoms with Crippen molar-refractivity contribution in [2.45, 2.75) is 38.6 Å². The molecule has 4 heteroatoms. The second-order valence-corrected chi connectivity index (χ2v) is 4.98. The van der Waals surface area contributed by atoms with Crippen LogP contribution < -0.4 is 15.4 Å². The van der Waals surface area contributed by atoms with Crippen LogP contribution in [0.3, 0.4) is 0 Å². The second-order valence-electron chi connectivity index (χ2n) is 4.98. The van der Waals surface area contributed by atoms with Gasteiger partial charge in [0.1, 0.15) is 12.4 Å². The van der Waals surface area contributed by atoms with Crippen LogP contribution >= 0.6 is 0 Å². The first-order valence-electron chi connectivity index (χ1n) is 6.91. The maximum Gasteiger partial charge on any atom is 0.143 e. The summed E-state index contributed by atoms with van der Waals surface area (Å²) in [5, 5.41) is 9.44. The van der Waals surface area contributed by atoms with Crippen molar-refractivity contribution in [2.24, 2.45) is 0 Å². The van der Waals surface area contributed by atoms with E-state index in [0.29, 0.717) is 11.4 Å². The van der Waals surface area contributed by atoms with Gasteiger partial charge in [0.25, 0.3) is 0 Å². The van der Waals surface area contributed by atoms with Crippen LogP contribution in [0.4, 0.5) is 11.4 Å². The third-order valence-corrected chi connectivity index (χ3v) is 3.84. The summed E-state index contributed by atoms with van der Waals surface area (Å²) in [6, 6.07) is 4.07. The van der Waals surface area contributed by atoms with Crippen LogP contribution in [0.15, 0.2) is 12.1 Å². The summed E-state index contributed by atoms with van der Waals surface area (Å²) in [6.07, 6.45) is 4.22. The first-order valence-corrected chi connectivity index (χ1v) is 6.91. The molecule has 1 fully saturated rings. The Morgan fingerprint density at radius 1 is 1.47 bits per heavy atom. The predicted molar refractivity (Wildman–Crippen MR) is 78.0 cm³/mol. The Kier molecular flexibility index (Phi) is 4.53. The molecular formula is C15H23N2O2. The van der Waals surface area contributed by atoms with Crippen molar-refractivity contribution in [3.8, 4) is 5.75 Å². The average Bonchev–Trinajstić information content (AvgIpc) is 2.46. The largest absolute Gasteiger partial charge is 0.495 e. The van der Waals surface area contributed by atoms with Gasteiger partial charge < -0.3 is 20.5 Å². The number of nitrogens with two attached hydrogens (primary N) is 1. The minimum absolute atomic E-state index is 0.0902. The lowest BCUT2D eigenvalue weighted by atomic mass is 9.99. The summed E-state index contributed by atoms with van der Waals surface area (Å²) in [7, 11) is 1.63. The molecule has 0 saturated carbocycles. The molecule has 1 aromatic rings. The van der Waals surface area contributed by atoms with Gasteiger partial charge in [0, 0.05) is 18.3 Å². The monoisotopic (exact) mass is 263 g/mol. The molecule has 0 amide bonds. The Morgan fingerprint density at radius 2 is 2.26 bits per heavy atom. The summed E-state index contributed by atoms with van der Waals surface area (Å²) in [6.45, 7) is 4.38. The van der Waals surface area contributed by atoms with E-state index >= 15 is 0 Å². The van der Waals surface area contributed by atoms with Gasteiger partial charge in [-0.25, -0.2) is 0 Å². The van der Waals surface area contributed by atoms with E-state index in [1.807, 2.05) is 12.1 Å². The number of benzene rings is 1. The number of aliphatic hydroxyl groups excluding tert-OH is 1. The SMILES string of the molecule is CCc1cc(N)c(OC)cc1N1CCCC[C@H]1[CH]O. The number of hydrogen-bond acceptors (Lipinski definition) is 4. The van der Waals surface area contributed by atoms with Gasteiger partial charge >= 0.3 is 0 Å². The zero-order valence-electron chi connectivity index (χ0n) is 11.7. The van der Waals surface area contributed by atoms with Gasteiger partial charge in [-0.2, -0.15) is 0 Å². The molecule has 19 heavy (non-hydrogen) atoms. The molecule has 1 radical (unpaired) electrons. The molecule has 0 unspecified atom stereocenters. The van der Waals surface area contributed by atoms with Gasteiger partial charge in [-0.05, 0) is 37.3 Å². The molecule has 1 aliphatic rings. The normalized spacial score (nSPS) is 19.5. The van der Waals surface area contributed by atoms with E-state index in [4.69, 9.17) is 10.5 Å². The maximum absolute atomic E-state index is 9.44. The predicted octanol–water partition coefficient (Wildman–Crippen LogP) is 2.73. The van der Waals surface area contributed by atoms with Crippen LogP contribution in [-0.2, 0) is 6.42 Å². The fourth-order valence-electron chi connectivity index (χ4n) is 2.77. The van der Waals surface area contributed by atoms with Crippen molar-refractivity contribution in [1.82, 2.24) is 0 Å². The number of nitrogen functional groups attached to an aromatic ring is 1. The number of aryl methyl sites for hydroxylation is 1. The van der Waals surface area contributed by atoms with Crippen LogP contribution in [0.25, 0.3) is 0 Å². The number of aliphatic hydroxyl groups is 1. The van der Waals surface area contributed by atoms with E-state index in [1.165, 1.54) is 12.2 Å². The Morgan fingerprint density at radius 3 is 2.89 bits per heavy atom. The van der Waals surface area contributed by atoms with Gasteiger partial charge in [-0.3, -0.25) is 0 Å². The zero-order valence-corrected chi connectivity index (χ0v) is 11.7. The molecule has 1 atom stereocenters. The highest BCUT2D eigenvalue weighted by molar-refractivity contribution is 5.67. The molecule has 0 spiro atoms. The molecular weight excluding hydrogens is 240 g/mol. The van der Waals surface area contributed by atoms with Gasteiger partial charge in [0.05, 0.1) is 18.8 Å². The van der Waals surface area contributed by atoms with Gasteiger partial charge in [-0.15, -0.1) is 0 Å². The van der Waals surface area contributed by atoms with Crippen LogP contribution in [0, 0.1) is 6.61 Å². The lowest BCUT2D eigenvalue weighted by Crippen LogP contribution is -2.40. The number of hydrogen-bond donors (Lipinski definition) is 2. The number of rotatable bonds is 4. The molecule has 1 heterocycles. The smallest absolute Gasteiger partial charge is 0.143 e. The van der Waals surface area contributed by atoms with Crippen molar-refractivity contribution in [1.29, 1.82) is 0 Å². The number of nitrogens with zero attached hydrogens (tertiary/aromatic N) is 1. The second kappa shape index (κ2) is 6.15. The molecule has 0 aromatic heterocycles. The lowest BCUT2D eigenvalue weighted by molar-refractivity contribution is 0.318. The molecule has 1 aromatic carbocycles. The van der Waals surface area contributed by atoms with Gasteiger partial charge in [-0.1, -0.05) is 6.92 Å². The minimum atomic E-state index is 0.0902. The van der Waals surface area contributed by atoms with E-state index < -0.39 is 0 Å². The third-order valence-electron chi connectivity index (χ3n) is 3.84. The highest BCUT2D eigenvalue weighted by Crippen LogP contribution is 2.35. The molecule has 0 aliphatic carbocycles. The highest BCUT2D eigenvalue weighted by atomic mass is 16.5. The molecule has 1 aliphatic heterocycles. The molecule has 2 rings (SSSR count). The number of methoxy groups -OCH3 is 1. The molecule has 1 saturated heterocycles. The van der Waals surface area contributed by atoms with E-state index in [1.54, 1.807) is 7.11 Å². The first kappa shape index (κ1) is 14.0. The first-order chi connectivity index (χ1) is 9.21. The van der Waals surface area contributed by atoms with Gasteiger partial charge in [0.2, 0.25) is 0 Å². The van der Waals surface area contributed by atoms with Crippen molar-refractivity contribution < 1.29 is 9.84 Å². The highest BCUT2D eigenvalue weighted by Gasteiger charge is 2.24. The van der Waals surface area contributed by atoms with E-state index in [-0.39, 0.29) is 6.04 Å². The van der Waals surface area contributed by atoms with Crippen molar-refractivity contribution in [3.63, 3.8) is 0 Å². The Bertz CT molecular complexity index is 434. The third kappa shape index (κ3) is 2.78. The summed E-state index contributed by atoms with van der Waals surface area (Å²) in [4.78, 5) is 2.25. The summed E-state index contributed by atoms with van der Waals surface area (Å²) in [5.41, 5.74) is 8.97. The Labute approximate surface area is 115 Å². The van der Waals surface area contributed by atoms with Crippen molar-refractivity contribution in [3.05, 3.63) is 24.3 Å². The molecule has 4 nitrogen and oxygen atoms in total. The van der Waals surface area contributed by atoms with E-state index in [9.17, 15) is 5.11 Å². The standard InChI is InChI=1S/C15H23N2O2/c1-3-11-8-13(16)15(19-2)9-14(11)17-7-5-4-6-12(17)10-18/h8-10,12,18H,3-7,16H2,1-2H3/t12-/m0/s1. The van der Waals surface area contributed by atoms with Crippen LogP contribution in [-0.4, -0.2) is 24.8 Å². The van der Waals surface area contributed by atoms with Crippen molar-refractivity contribution >= 4 is 11.4 Å². The minimum Gasteiger partial charge on any atom is -0.495 e. The van der Waals surface area contributed by atoms with Crippen LogP contribution in [0.2, 0.25) is 0 Å². The van der Waals surface area contributed by atoms with Crippen molar-refractivity contribution in [2.75, 3.05) is 24.3 Å². The summed E-state index contributed by atoms with van der Waals surface area (Å²) in [5.74, 6) is 0.703. The van der Waals surface area contributed by atoms with Gasteiger partial charge in [0.15, 0.2) is 0 Å². The Hall–Kier alpha value is -1.42. The Balaban J connectivity index is 2.40. The molecule has 3 N–H and O–H groups in total. The fourth-order valence-corrected chi connectivity index (χ4v) is 2.77. The van der Waals surface area contributed by atoms with Crippen LogP contribution in [0.5, 0.6) is 5.75 Å². The maximum atomic E-state index is 9.44. The summed E-state index contributed by atoms with van der Waals surface area (Å²) >= 11 is 0. The number of ether oxygens (including phenoxy) is 1. The summed E-state index contributed by atoms with van der Waals surface area (Å²) < 4.78 is 5.32. The fraction of sp³-hybridized carbons (Fsp3) is 0.533. The molecule has 105 valence electrons. The number of anilines is 2. The zero-order chi connectivity index (χ0) is 13.8. The van der Waals surface area contributed by atoms with E-state index in [2.05, 4.69) is 11.8 Å². The van der Waals surface area contributed by atoms with Crippen LogP contribution in [0.1, 0.15) is 31.7 Å².